The molecule has 3 nitrogen and oxygen atoms in total. The zero-order valence-corrected chi connectivity index (χ0v) is 9.24. The lowest BCUT2D eigenvalue weighted by molar-refractivity contribution is 0.0548. The highest BCUT2D eigenvalue weighted by Gasteiger charge is 2.27. The van der Waals surface area contributed by atoms with Crippen LogP contribution in [0.4, 0.5) is 8.78 Å². The average Bonchev–Trinajstić information content (AvgIpc) is 2.22. The zero-order chi connectivity index (χ0) is 12.4. The second-order valence-electron chi connectivity index (χ2n) is 4.41. The predicted octanol–water partition coefficient (Wildman–Crippen LogP) is 1.11. The Morgan fingerprint density at radius 1 is 1.35 bits per heavy atom. The number of halogens is 2. The molecule has 0 spiro atoms. The van der Waals surface area contributed by atoms with Gasteiger partial charge in [-0.3, -0.25) is 0 Å². The molecular weight excluding hydrogens is 228 g/mol. The van der Waals surface area contributed by atoms with E-state index >= 15 is 0 Å². The van der Waals surface area contributed by atoms with Crippen molar-refractivity contribution in [3.8, 4) is 0 Å². The third-order valence-electron chi connectivity index (χ3n) is 3.03. The molecular formula is C12H15F2NO2. The van der Waals surface area contributed by atoms with Crippen LogP contribution in [0.3, 0.4) is 0 Å². The fourth-order valence-corrected chi connectivity index (χ4v) is 1.91. The van der Waals surface area contributed by atoms with E-state index in [1.165, 1.54) is 6.07 Å². The molecule has 1 aliphatic carbocycles. The van der Waals surface area contributed by atoms with E-state index in [0.717, 1.165) is 12.1 Å². The Balaban J connectivity index is 1.88. The molecule has 5 heteroatoms. The Kier molecular flexibility index (Phi) is 3.71. The lowest BCUT2D eigenvalue weighted by atomic mass is 9.89. The summed E-state index contributed by atoms with van der Waals surface area (Å²) in [5.41, 5.74) is 0.0822. The van der Waals surface area contributed by atoms with E-state index in [4.69, 9.17) is 5.11 Å². The molecule has 0 saturated heterocycles. The van der Waals surface area contributed by atoms with Crippen molar-refractivity contribution in [3.05, 3.63) is 35.4 Å². The summed E-state index contributed by atoms with van der Waals surface area (Å²) >= 11 is 0. The Labute approximate surface area is 98.1 Å². The van der Waals surface area contributed by atoms with Crippen molar-refractivity contribution in [2.75, 3.05) is 6.54 Å². The SMILES string of the molecule is OC1CC(NCC(O)c2ccc(F)cc2F)C1. The van der Waals surface area contributed by atoms with Crippen LogP contribution in [0.25, 0.3) is 0 Å². The maximum atomic E-state index is 13.3. The molecule has 3 N–H and O–H groups in total. The summed E-state index contributed by atoms with van der Waals surface area (Å²) in [7, 11) is 0. The van der Waals surface area contributed by atoms with Crippen molar-refractivity contribution < 1.29 is 19.0 Å². The normalized spacial score (nSPS) is 25.4. The lowest BCUT2D eigenvalue weighted by Crippen LogP contribution is -2.45. The highest BCUT2D eigenvalue weighted by atomic mass is 19.1. The minimum absolute atomic E-state index is 0.0822. The first kappa shape index (κ1) is 12.4. The summed E-state index contributed by atoms with van der Waals surface area (Å²) < 4.78 is 26.0. The first-order chi connectivity index (χ1) is 8.06. The number of hydrogen-bond donors (Lipinski definition) is 3. The molecule has 0 bridgehead atoms. The summed E-state index contributed by atoms with van der Waals surface area (Å²) in [4.78, 5) is 0. The smallest absolute Gasteiger partial charge is 0.131 e. The summed E-state index contributed by atoms with van der Waals surface area (Å²) in [6.07, 6.45) is 0.0255. The third kappa shape index (κ3) is 3.00. The van der Waals surface area contributed by atoms with Gasteiger partial charge in [0.05, 0.1) is 12.2 Å². The lowest BCUT2D eigenvalue weighted by Gasteiger charge is -2.32. The molecule has 0 aromatic heterocycles. The Morgan fingerprint density at radius 3 is 2.65 bits per heavy atom. The second kappa shape index (κ2) is 5.08. The second-order valence-corrected chi connectivity index (χ2v) is 4.41. The van der Waals surface area contributed by atoms with Crippen molar-refractivity contribution in [1.82, 2.24) is 5.32 Å². The van der Waals surface area contributed by atoms with E-state index in [-0.39, 0.29) is 24.3 Å². The minimum Gasteiger partial charge on any atom is -0.393 e. The van der Waals surface area contributed by atoms with Gasteiger partial charge in [0.1, 0.15) is 11.6 Å². The van der Waals surface area contributed by atoms with Crippen LogP contribution in [0.2, 0.25) is 0 Å². The number of aliphatic hydroxyl groups excluding tert-OH is 2. The third-order valence-corrected chi connectivity index (χ3v) is 3.03. The molecule has 0 radical (unpaired) electrons. The van der Waals surface area contributed by atoms with Crippen LogP contribution >= 0.6 is 0 Å². The first-order valence-electron chi connectivity index (χ1n) is 5.60. The molecule has 0 aliphatic heterocycles. The summed E-state index contributed by atoms with van der Waals surface area (Å²) in [5, 5.41) is 21.8. The first-order valence-corrected chi connectivity index (χ1v) is 5.60. The summed E-state index contributed by atoms with van der Waals surface area (Å²) in [6.45, 7) is 0.194. The maximum Gasteiger partial charge on any atom is 0.131 e. The maximum absolute atomic E-state index is 13.3. The van der Waals surface area contributed by atoms with Crippen LogP contribution in [0, 0.1) is 11.6 Å². The fourth-order valence-electron chi connectivity index (χ4n) is 1.91. The molecule has 1 atom stereocenters. The van der Waals surface area contributed by atoms with Crippen LogP contribution in [0.5, 0.6) is 0 Å². The molecule has 1 saturated carbocycles. The van der Waals surface area contributed by atoms with Gasteiger partial charge in [-0.25, -0.2) is 8.78 Å². The molecule has 1 fully saturated rings. The fraction of sp³-hybridized carbons (Fsp3) is 0.500. The van der Waals surface area contributed by atoms with Gasteiger partial charge in [-0.15, -0.1) is 0 Å². The van der Waals surface area contributed by atoms with Gasteiger partial charge in [-0.05, 0) is 18.9 Å². The summed E-state index contributed by atoms with van der Waals surface area (Å²) in [6, 6.07) is 3.29. The molecule has 94 valence electrons. The standard InChI is InChI=1S/C12H15F2NO2/c13-7-1-2-10(11(14)3-7)12(17)6-15-8-4-9(16)5-8/h1-3,8-9,12,15-17H,4-6H2. The van der Waals surface area contributed by atoms with Crippen LogP contribution in [0.1, 0.15) is 24.5 Å². The molecule has 1 aliphatic rings. The monoisotopic (exact) mass is 243 g/mol. The number of nitrogens with one attached hydrogen (secondary N) is 1. The predicted molar refractivity (Wildman–Crippen MR) is 58.3 cm³/mol. The van der Waals surface area contributed by atoms with E-state index in [0.29, 0.717) is 12.8 Å². The molecule has 2 rings (SSSR count). The van der Waals surface area contributed by atoms with Crippen LogP contribution in [-0.4, -0.2) is 28.9 Å². The average molecular weight is 243 g/mol. The van der Waals surface area contributed by atoms with Crippen LogP contribution in [-0.2, 0) is 0 Å². The number of hydrogen-bond acceptors (Lipinski definition) is 3. The van der Waals surface area contributed by atoms with Gasteiger partial charge in [-0.2, -0.15) is 0 Å². The number of aliphatic hydroxyl groups is 2. The van der Waals surface area contributed by atoms with Crippen molar-refractivity contribution in [2.24, 2.45) is 0 Å². The van der Waals surface area contributed by atoms with E-state index in [1.54, 1.807) is 0 Å². The molecule has 17 heavy (non-hydrogen) atoms. The number of benzene rings is 1. The Hall–Kier alpha value is -1.04. The van der Waals surface area contributed by atoms with Crippen LogP contribution in [0.15, 0.2) is 18.2 Å². The van der Waals surface area contributed by atoms with Gasteiger partial charge in [0.2, 0.25) is 0 Å². The van der Waals surface area contributed by atoms with E-state index in [9.17, 15) is 13.9 Å². The van der Waals surface area contributed by atoms with Crippen molar-refractivity contribution in [1.29, 1.82) is 0 Å². The largest absolute Gasteiger partial charge is 0.393 e. The highest BCUT2D eigenvalue weighted by Crippen LogP contribution is 2.21. The minimum atomic E-state index is -1.01. The van der Waals surface area contributed by atoms with E-state index in [1.807, 2.05) is 0 Å². The van der Waals surface area contributed by atoms with Gasteiger partial charge in [0, 0.05) is 24.2 Å². The number of rotatable bonds is 4. The summed E-state index contributed by atoms with van der Waals surface area (Å²) in [5.74, 6) is -1.40. The highest BCUT2D eigenvalue weighted by molar-refractivity contribution is 5.21. The molecule has 0 amide bonds. The van der Waals surface area contributed by atoms with Gasteiger partial charge < -0.3 is 15.5 Å². The quantitative estimate of drug-likeness (QED) is 0.742. The molecule has 1 aromatic rings. The van der Waals surface area contributed by atoms with Gasteiger partial charge in [0.25, 0.3) is 0 Å². The molecule has 1 unspecified atom stereocenters. The van der Waals surface area contributed by atoms with Crippen LogP contribution < -0.4 is 5.32 Å². The van der Waals surface area contributed by atoms with Crippen molar-refractivity contribution in [3.63, 3.8) is 0 Å². The molecule has 0 heterocycles. The zero-order valence-electron chi connectivity index (χ0n) is 9.24. The Morgan fingerprint density at radius 2 is 2.06 bits per heavy atom. The van der Waals surface area contributed by atoms with Crippen molar-refractivity contribution >= 4 is 0 Å². The van der Waals surface area contributed by atoms with Gasteiger partial charge >= 0.3 is 0 Å². The topological polar surface area (TPSA) is 52.5 Å². The van der Waals surface area contributed by atoms with Crippen molar-refractivity contribution in [2.45, 2.75) is 31.1 Å². The van der Waals surface area contributed by atoms with E-state index < -0.39 is 17.7 Å². The van der Waals surface area contributed by atoms with Gasteiger partial charge in [-0.1, -0.05) is 6.07 Å². The van der Waals surface area contributed by atoms with E-state index in [2.05, 4.69) is 5.32 Å². The molecule has 1 aromatic carbocycles. The van der Waals surface area contributed by atoms with Gasteiger partial charge in [0.15, 0.2) is 0 Å². The Bertz CT molecular complexity index is 394.